The zero-order chi connectivity index (χ0) is 18.9. The van der Waals surface area contributed by atoms with E-state index in [1.807, 2.05) is 16.8 Å². The molecule has 0 unspecified atom stereocenters. The lowest BCUT2D eigenvalue weighted by molar-refractivity contribution is 0.408. The summed E-state index contributed by atoms with van der Waals surface area (Å²) in [5.41, 5.74) is 3.50. The minimum Gasteiger partial charge on any atom is -0.447 e. The minimum atomic E-state index is -3.55. The van der Waals surface area contributed by atoms with Crippen LogP contribution < -0.4 is 0 Å². The largest absolute Gasteiger partial charge is 0.447 e. The number of thioether (sulfide) groups is 1. The average molecular weight is 392 g/mol. The van der Waals surface area contributed by atoms with Crippen molar-refractivity contribution in [2.24, 2.45) is 0 Å². The molecule has 3 rings (SSSR count). The van der Waals surface area contributed by atoms with Gasteiger partial charge in [-0.05, 0) is 43.2 Å². The van der Waals surface area contributed by atoms with Gasteiger partial charge in [-0.3, -0.25) is 4.57 Å². The molecule has 0 aliphatic rings. The second kappa shape index (κ2) is 7.30. The number of hydrogen-bond acceptors (Lipinski definition) is 5. The molecule has 8 heteroatoms. The zero-order valence-electron chi connectivity index (χ0n) is 15.1. The lowest BCUT2D eigenvalue weighted by Crippen LogP contribution is -2.21. The van der Waals surface area contributed by atoms with Gasteiger partial charge < -0.3 is 4.42 Å². The van der Waals surface area contributed by atoms with Gasteiger partial charge in [0.1, 0.15) is 5.76 Å². The van der Waals surface area contributed by atoms with E-state index in [1.165, 1.54) is 43.1 Å². The van der Waals surface area contributed by atoms with E-state index in [-0.39, 0.29) is 5.09 Å². The molecule has 0 aliphatic carbocycles. The first-order chi connectivity index (χ1) is 12.3. The molecule has 138 valence electrons. The molecule has 0 saturated carbocycles. The van der Waals surface area contributed by atoms with Crippen molar-refractivity contribution in [3.8, 4) is 5.69 Å². The van der Waals surface area contributed by atoms with Crippen molar-refractivity contribution in [3.63, 3.8) is 0 Å². The molecule has 1 aromatic carbocycles. The van der Waals surface area contributed by atoms with Gasteiger partial charge in [-0.2, -0.15) is 0 Å². The highest BCUT2D eigenvalue weighted by molar-refractivity contribution is 7.98. The fraction of sp³-hybridized carbons (Fsp3) is 0.278. The quantitative estimate of drug-likeness (QED) is 0.600. The normalized spacial score (nSPS) is 12.0. The average Bonchev–Trinajstić information content (AvgIpc) is 3.24. The lowest BCUT2D eigenvalue weighted by Gasteiger charge is -2.12. The topological polar surface area (TPSA) is 68.3 Å². The summed E-state index contributed by atoms with van der Waals surface area (Å²) in [6.45, 7) is 4.17. The Morgan fingerprint density at radius 3 is 2.69 bits per heavy atom. The zero-order valence-corrected chi connectivity index (χ0v) is 16.8. The number of aromatic nitrogens is 2. The molecule has 0 amide bonds. The maximum atomic E-state index is 12.1. The van der Waals surface area contributed by atoms with Crippen LogP contribution in [0.3, 0.4) is 0 Å². The monoisotopic (exact) mass is 391 g/mol. The number of imidazole rings is 1. The van der Waals surface area contributed by atoms with Crippen LogP contribution >= 0.6 is 11.8 Å². The molecule has 26 heavy (non-hydrogen) atoms. The Kier molecular flexibility index (Phi) is 5.27. The third-order valence-corrected chi connectivity index (χ3v) is 6.84. The van der Waals surface area contributed by atoms with Crippen molar-refractivity contribution in [2.75, 3.05) is 14.1 Å². The van der Waals surface area contributed by atoms with Crippen molar-refractivity contribution >= 4 is 21.8 Å². The molecule has 6 nitrogen and oxygen atoms in total. The molecular formula is C18H21N3O3S2. The predicted octanol–water partition coefficient (Wildman–Crippen LogP) is 3.62. The van der Waals surface area contributed by atoms with Crippen molar-refractivity contribution in [1.82, 2.24) is 13.9 Å². The van der Waals surface area contributed by atoms with Crippen LogP contribution in [-0.2, 0) is 15.8 Å². The van der Waals surface area contributed by atoms with E-state index < -0.39 is 10.0 Å². The Hall–Kier alpha value is -2.03. The smallest absolute Gasteiger partial charge is 0.275 e. The lowest BCUT2D eigenvalue weighted by atomic mass is 10.1. The molecule has 0 radical (unpaired) electrons. The fourth-order valence-corrected chi connectivity index (χ4v) is 4.14. The highest BCUT2D eigenvalue weighted by Crippen LogP contribution is 2.28. The van der Waals surface area contributed by atoms with Gasteiger partial charge in [0.2, 0.25) is 5.09 Å². The van der Waals surface area contributed by atoms with Crippen molar-refractivity contribution < 1.29 is 12.8 Å². The third-order valence-electron chi connectivity index (χ3n) is 4.16. The summed E-state index contributed by atoms with van der Waals surface area (Å²) in [4.78, 5) is 4.42. The number of nitrogens with zero attached hydrogens (tertiary/aromatic N) is 3. The van der Waals surface area contributed by atoms with E-state index in [0.29, 0.717) is 11.5 Å². The van der Waals surface area contributed by atoms with Crippen LogP contribution in [-0.4, -0.2) is 36.4 Å². The molecule has 0 aliphatic heterocycles. The second-order valence-electron chi connectivity index (χ2n) is 6.10. The van der Waals surface area contributed by atoms with Crippen LogP contribution in [0, 0.1) is 13.8 Å². The molecule has 3 aromatic rings. The van der Waals surface area contributed by atoms with Crippen LogP contribution in [0.5, 0.6) is 0 Å². The maximum Gasteiger partial charge on any atom is 0.275 e. The molecule has 0 spiro atoms. The van der Waals surface area contributed by atoms with E-state index in [2.05, 4.69) is 31.0 Å². The molecule has 0 atom stereocenters. The first-order valence-corrected chi connectivity index (χ1v) is 10.5. The van der Waals surface area contributed by atoms with Gasteiger partial charge in [0.05, 0.1) is 11.4 Å². The highest BCUT2D eigenvalue weighted by atomic mass is 32.2. The highest BCUT2D eigenvalue weighted by Gasteiger charge is 2.21. The molecular weight excluding hydrogens is 370 g/mol. The summed E-state index contributed by atoms with van der Waals surface area (Å²) >= 11 is 1.50. The number of benzene rings is 1. The fourth-order valence-electron chi connectivity index (χ4n) is 2.47. The number of furan rings is 1. The van der Waals surface area contributed by atoms with Gasteiger partial charge in [0.25, 0.3) is 10.0 Å². The van der Waals surface area contributed by atoms with Gasteiger partial charge in [0, 0.05) is 26.5 Å². The predicted molar refractivity (Wildman–Crippen MR) is 102 cm³/mol. The Bertz CT molecular complexity index is 1020. The van der Waals surface area contributed by atoms with Crippen molar-refractivity contribution in [1.29, 1.82) is 0 Å². The van der Waals surface area contributed by atoms with E-state index in [9.17, 15) is 8.42 Å². The summed E-state index contributed by atoms with van der Waals surface area (Å²) in [5, 5.41) is 0.781. The van der Waals surface area contributed by atoms with E-state index >= 15 is 0 Å². The molecule has 2 heterocycles. The molecule has 2 aromatic heterocycles. The van der Waals surface area contributed by atoms with Gasteiger partial charge in [-0.15, -0.1) is 0 Å². The summed E-state index contributed by atoms with van der Waals surface area (Å²) in [5.74, 6) is 1.08. The first kappa shape index (κ1) is 18.8. The van der Waals surface area contributed by atoms with Crippen molar-refractivity contribution in [2.45, 2.75) is 29.8 Å². The molecule has 0 bridgehead atoms. The maximum absolute atomic E-state index is 12.1. The summed E-state index contributed by atoms with van der Waals surface area (Å²) in [6, 6.07) is 9.34. The Morgan fingerprint density at radius 1 is 1.19 bits per heavy atom. The van der Waals surface area contributed by atoms with Crippen LogP contribution in [0.1, 0.15) is 16.9 Å². The van der Waals surface area contributed by atoms with Gasteiger partial charge >= 0.3 is 0 Å². The minimum absolute atomic E-state index is 0.0454. The molecule has 0 fully saturated rings. The number of rotatable bonds is 6. The van der Waals surface area contributed by atoms with E-state index in [0.717, 1.165) is 15.1 Å². The Balaban J connectivity index is 1.80. The van der Waals surface area contributed by atoms with Gasteiger partial charge in [0.15, 0.2) is 5.16 Å². The summed E-state index contributed by atoms with van der Waals surface area (Å²) in [7, 11) is -0.594. The van der Waals surface area contributed by atoms with Gasteiger partial charge in [-0.25, -0.2) is 17.7 Å². The summed E-state index contributed by atoms with van der Waals surface area (Å²) < 4.78 is 32.9. The number of sulfonamides is 1. The third kappa shape index (κ3) is 3.58. The number of aryl methyl sites for hydroxylation is 1. The van der Waals surface area contributed by atoms with Crippen LogP contribution in [0.15, 0.2) is 57.4 Å². The first-order valence-electron chi connectivity index (χ1n) is 8.04. The number of hydrogen-bond donors (Lipinski definition) is 0. The SMILES string of the molecule is Cc1cccc(-n2ccnc2SCc2ccc(S(=O)(=O)N(C)C)o2)c1C. The van der Waals surface area contributed by atoms with Crippen LogP contribution in [0.25, 0.3) is 5.69 Å². The van der Waals surface area contributed by atoms with E-state index in [4.69, 9.17) is 4.42 Å². The molecule has 0 saturated heterocycles. The second-order valence-corrected chi connectivity index (χ2v) is 9.12. The van der Waals surface area contributed by atoms with Crippen LogP contribution in [0.4, 0.5) is 0 Å². The van der Waals surface area contributed by atoms with E-state index in [1.54, 1.807) is 12.3 Å². The standard InChI is InChI=1S/C18H21N3O3S2/c1-13-6-5-7-16(14(13)2)21-11-10-19-18(21)25-12-15-8-9-17(24-15)26(22,23)20(3)4/h5-11H,12H2,1-4H3. The summed E-state index contributed by atoms with van der Waals surface area (Å²) in [6.07, 6.45) is 3.68. The van der Waals surface area contributed by atoms with Crippen LogP contribution in [0.2, 0.25) is 0 Å². The Morgan fingerprint density at radius 2 is 1.96 bits per heavy atom. The molecule has 0 N–H and O–H groups in total. The Labute approximate surface area is 157 Å². The van der Waals surface area contributed by atoms with Gasteiger partial charge in [-0.1, -0.05) is 23.9 Å². The van der Waals surface area contributed by atoms with Crippen molar-refractivity contribution in [3.05, 3.63) is 59.6 Å².